The maximum atomic E-state index is 13.4. The van der Waals surface area contributed by atoms with Crippen molar-refractivity contribution in [2.75, 3.05) is 11.9 Å². The summed E-state index contributed by atoms with van der Waals surface area (Å²) >= 11 is 0. The summed E-state index contributed by atoms with van der Waals surface area (Å²) in [7, 11) is 0. The topological polar surface area (TPSA) is 56.2 Å². The number of hydrogen-bond donors (Lipinski definition) is 1. The molecule has 0 atom stereocenters. The Morgan fingerprint density at radius 2 is 2.04 bits per heavy atom. The SMILES string of the molecule is Cc1c(C2CC(F)(F)C2)nn(C2CC2)c1NC(=O)OCC(C)(C)F. The molecule has 1 aromatic heterocycles. The molecule has 0 spiro atoms. The predicted octanol–water partition coefficient (Wildman–Crippen LogP) is 4.34. The van der Waals surface area contributed by atoms with E-state index in [2.05, 4.69) is 10.4 Å². The number of hydrogen-bond acceptors (Lipinski definition) is 3. The van der Waals surface area contributed by atoms with E-state index in [1.54, 1.807) is 11.6 Å². The van der Waals surface area contributed by atoms with Crippen molar-refractivity contribution in [3.05, 3.63) is 11.3 Å². The summed E-state index contributed by atoms with van der Waals surface area (Å²) in [4.78, 5) is 11.9. The van der Waals surface area contributed by atoms with E-state index < -0.39 is 17.7 Å². The van der Waals surface area contributed by atoms with Gasteiger partial charge in [0.15, 0.2) is 0 Å². The third kappa shape index (κ3) is 3.67. The molecule has 3 rings (SSSR count). The van der Waals surface area contributed by atoms with E-state index in [4.69, 9.17) is 4.74 Å². The maximum absolute atomic E-state index is 13.4. The molecule has 0 aliphatic heterocycles. The average molecular weight is 345 g/mol. The first kappa shape index (κ1) is 17.1. The Morgan fingerprint density at radius 1 is 1.42 bits per heavy atom. The lowest BCUT2D eigenvalue weighted by Gasteiger charge is -2.34. The van der Waals surface area contributed by atoms with Crippen molar-refractivity contribution in [1.82, 2.24) is 9.78 Å². The minimum Gasteiger partial charge on any atom is -0.446 e. The number of amides is 1. The Bertz CT molecular complexity index is 640. The molecule has 1 N–H and O–H groups in total. The molecule has 5 nitrogen and oxygen atoms in total. The van der Waals surface area contributed by atoms with E-state index in [1.165, 1.54) is 13.8 Å². The maximum Gasteiger partial charge on any atom is 0.412 e. The zero-order chi connectivity index (χ0) is 17.7. The summed E-state index contributed by atoms with van der Waals surface area (Å²) in [5.74, 6) is -2.45. The number of halogens is 3. The lowest BCUT2D eigenvalue weighted by Crippen LogP contribution is -2.34. The van der Waals surface area contributed by atoms with E-state index >= 15 is 0 Å². The van der Waals surface area contributed by atoms with Crippen LogP contribution in [0.1, 0.15) is 62.7 Å². The summed E-state index contributed by atoms with van der Waals surface area (Å²) in [6.45, 7) is 4.02. The second-order valence-corrected chi connectivity index (χ2v) is 7.42. The molecule has 24 heavy (non-hydrogen) atoms. The van der Waals surface area contributed by atoms with Gasteiger partial charge in [-0.25, -0.2) is 22.6 Å². The third-order valence-corrected chi connectivity index (χ3v) is 4.32. The van der Waals surface area contributed by atoms with Gasteiger partial charge in [0.05, 0.1) is 11.7 Å². The minimum atomic E-state index is -2.63. The van der Waals surface area contributed by atoms with Gasteiger partial charge >= 0.3 is 6.09 Å². The number of ether oxygens (including phenoxy) is 1. The Labute approximate surface area is 138 Å². The molecule has 2 aliphatic rings. The summed E-state index contributed by atoms with van der Waals surface area (Å²) in [6, 6.07) is 0.172. The van der Waals surface area contributed by atoms with Gasteiger partial charge in [-0.1, -0.05) is 0 Å². The van der Waals surface area contributed by atoms with E-state index in [-0.39, 0.29) is 31.4 Å². The minimum absolute atomic E-state index is 0.172. The average Bonchev–Trinajstić information content (AvgIpc) is 3.21. The summed E-state index contributed by atoms with van der Waals surface area (Å²) in [6.07, 6.45) is 0.673. The molecule has 1 heterocycles. The van der Waals surface area contributed by atoms with Crippen LogP contribution in [0.25, 0.3) is 0 Å². The van der Waals surface area contributed by atoms with Crippen LogP contribution < -0.4 is 5.32 Å². The first-order valence-corrected chi connectivity index (χ1v) is 8.15. The number of nitrogens with zero attached hydrogens (tertiary/aromatic N) is 2. The Morgan fingerprint density at radius 3 is 2.54 bits per heavy atom. The molecule has 1 aromatic rings. The quantitative estimate of drug-likeness (QED) is 0.864. The van der Waals surface area contributed by atoms with E-state index in [1.807, 2.05) is 0 Å². The third-order valence-electron chi connectivity index (χ3n) is 4.32. The molecule has 1 amide bonds. The molecule has 0 bridgehead atoms. The van der Waals surface area contributed by atoms with Crippen molar-refractivity contribution < 1.29 is 22.7 Å². The van der Waals surface area contributed by atoms with Crippen molar-refractivity contribution in [3.63, 3.8) is 0 Å². The van der Waals surface area contributed by atoms with Crippen LogP contribution in [0.15, 0.2) is 0 Å². The molecule has 0 radical (unpaired) electrons. The van der Waals surface area contributed by atoms with Gasteiger partial charge in [-0.15, -0.1) is 0 Å². The van der Waals surface area contributed by atoms with Crippen LogP contribution in [-0.2, 0) is 4.74 Å². The zero-order valence-electron chi connectivity index (χ0n) is 14.0. The highest BCUT2D eigenvalue weighted by atomic mass is 19.3. The van der Waals surface area contributed by atoms with E-state index in [0.29, 0.717) is 17.1 Å². The van der Waals surface area contributed by atoms with Crippen molar-refractivity contribution in [3.8, 4) is 0 Å². The van der Waals surface area contributed by atoms with Crippen LogP contribution >= 0.6 is 0 Å². The number of alkyl halides is 3. The van der Waals surface area contributed by atoms with E-state index in [9.17, 15) is 18.0 Å². The second kappa shape index (κ2) is 5.67. The van der Waals surface area contributed by atoms with Crippen molar-refractivity contribution >= 4 is 11.9 Å². The summed E-state index contributed by atoms with van der Waals surface area (Å²) in [5, 5.41) is 7.06. The van der Waals surface area contributed by atoms with E-state index in [0.717, 1.165) is 12.8 Å². The molecule has 0 saturated heterocycles. The molecule has 0 unspecified atom stereocenters. The van der Waals surface area contributed by atoms with Gasteiger partial charge in [0.25, 0.3) is 0 Å². The van der Waals surface area contributed by atoms with Crippen LogP contribution in [0.4, 0.5) is 23.8 Å². The van der Waals surface area contributed by atoms with Crippen LogP contribution in [0.2, 0.25) is 0 Å². The Kier molecular flexibility index (Phi) is 4.04. The van der Waals surface area contributed by atoms with Crippen LogP contribution in [0.5, 0.6) is 0 Å². The molecule has 134 valence electrons. The molecular weight excluding hydrogens is 323 g/mol. The standard InChI is InChI=1S/C16H22F3N3O2/c1-9-12(10-6-16(18,19)7-10)21-22(11-4-5-11)13(9)20-14(23)24-8-15(2,3)17/h10-11H,4-8H2,1-3H3,(H,20,23). The van der Waals surface area contributed by atoms with Crippen molar-refractivity contribution in [2.45, 2.75) is 70.0 Å². The van der Waals surface area contributed by atoms with Gasteiger partial charge in [0, 0.05) is 24.3 Å². The number of rotatable bonds is 5. The van der Waals surface area contributed by atoms with Crippen molar-refractivity contribution in [1.29, 1.82) is 0 Å². The van der Waals surface area contributed by atoms with Gasteiger partial charge in [0.2, 0.25) is 5.92 Å². The zero-order valence-corrected chi connectivity index (χ0v) is 14.0. The number of nitrogens with one attached hydrogen (secondary N) is 1. The lowest BCUT2D eigenvalue weighted by atomic mass is 9.78. The lowest BCUT2D eigenvalue weighted by molar-refractivity contribution is -0.0878. The monoisotopic (exact) mass is 345 g/mol. The fraction of sp³-hybridized carbons (Fsp3) is 0.750. The molecule has 2 aliphatic carbocycles. The number of carbonyl (C=O) groups is 1. The number of carbonyl (C=O) groups excluding carboxylic acids is 1. The highest BCUT2D eigenvalue weighted by molar-refractivity contribution is 5.84. The van der Waals surface area contributed by atoms with Crippen LogP contribution in [0, 0.1) is 6.92 Å². The normalized spacial score (nSPS) is 20.6. The van der Waals surface area contributed by atoms with Crippen LogP contribution in [0.3, 0.4) is 0 Å². The fourth-order valence-corrected chi connectivity index (χ4v) is 2.88. The van der Waals surface area contributed by atoms with Gasteiger partial charge < -0.3 is 4.74 Å². The first-order chi connectivity index (χ1) is 11.1. The molecule has 2 saturated carbocycles. The van der Waals surface area contributed by atoms with Crippen LogP contribution in [-0.4, -0.2) is 34.1 Å². The Balaban J connectivity index is 1.74. The molecule has 8 heteroatoms. The Hall–Kier alpha value is -1.73. The predicted molar refractivity (Wildman–Crippen MR) is 82.3 cm³/mol. The highest BCUT2D eigenvalue weighted by Crippen LogP contribution is 2.50. The highest BCUT2D eigenvalue weighted by Gasteiger charge is 2.48. The first-order valence-electron chi connectivity index (χ1n) is 8.15. The van der Waals surface area contributed by atoms with Crippen molar-refractivity contribution in [2.24, 2.45) is 0 Å². The number of aromatic nitrogens is 2. The summed E-state index contributed by atoms with van der Waals surface area (Å²) < 4.78 is 46.3. The molecule has 0 aromatic carbocycles. The fourth-order valence-electron chi connectivity index (χ4n) is 2.88. The second-order valence-electron chi connectivity index (χ2n) is 7.42. The summed E-state index contributed by atoms with van der Waals surface area (Å²) in [5.41, 5.74) is -0.334. The van der Waals surface area contributed by atoms with Gasteiger partial charge in [-0.2, -0.15) is 5.10 Å². The smallest absolute Gasteiger partial charge is 0.412 e. The molecule has 2 fully saturated rings. The van der Waals surface area contributed by atoms with Gasteiger partial charge in [-0.05, 0) is 33.6 Å². The number of anilines is 1. The van der Waals surface area contributed by atoms with Gasteiger partial charge in [-0.3, -0.25) is 5.32 Å². The van der Waals surface area contributed by atoms with Gasteiger partial charge in [0.1, 0.15) is 18.1 Å². The molecular formula is C16H22F3N3O2. The largest absolute Gasteiger partial charge is 0.446 e.